The van der Waals surface area contributed by atoms with E-state index < -0.39 is 5.97 Å². The van der Waals surface area contributed by atoms with Gasteiger partial charge >= 0.3 is 5.97 Å². The van der Waals surface area contributed by atoms with E-state index in [-0.39, 0.29) is 17.9 Å². The summed E-state index contributed by atoms with van der Waals surface area (Å²) in [7, 11) is 0. The second kappa shape index (κ2) is 5.39. The second-order valence-corrected chi connectivity index (χ2v) is 3.29. The molecule has 0 atom stereocenters. The van der Waals surface area contributed by atoms with Gasteiger partial charge in [0.05, 0.1) is 13.2 Å². The maximum atomic E-state index is 11.5. The van der Waals surface area contributed by atoms with E-state index in [2.05, 4.69) is 0 Å². The van der Waals surface area contributed by atoms with Crippen LogP contribution in [0.4, 0.5) is 0 Å². The number of ether oxygens (including phenoxy) is 2. The topological polar surface area (TPSA) is 55.8 Å². The summed E-state index contributed by atoms with van der Waals surface area (Å²) in [6, 6.07) is 3.12. The summed E-state index contributed by atoms with van der Waals surface area (Å²) < 4.78 is 10.1. The number of benzene rings is 1. The third-order valence-electron chi connectivity index (χ3n) is 2.08. The Labute approximate surface area is 94.8 Å². The summed E-state index contributed by atoms with van der Waals surface area (Å²) in [5.74, 6) is -0.0759. The van der Waals surface area contributed by atoms with Crippen LogP contribution >= 0.6 is 0 Å². The van der Waals surface area contributed by atoms with E-state index in [1.54, 1.807) is 19.9 Å². The van der Waals surface area contributed by atoms with E-state index in [4.69, 9.17) is 9.47 Å². The van der Waals surface area contributed by atoms with E-state index in [1.165, 1.54) is 6.07 Å². The number of hydrogen-bond acceptors (Lipinski definition) is 4. The van der Waals surface area contributed by atoms with Crippen molar-refractivity contribution in [2.24, 2.45) is 0 Å². The lowest BCUT2D eigenvalue weighted by atomic mass is 10.1. The van der Waals surface area contributed by atoms with Gasteiger partial charge in [-0.2, -0.15) is 0 Å². The van der Waals surface area contributed by atoms with E-state index in [0.717, 1.165) is 0 Å². The third-order valence-corrected chi connectivity index (χ3v) is 2.08. The Bertz CT molecular complexity index is 362. The Morgan fingerprint density at radius 2 is 2.00 bits per heavy atom. The summed E-state index contributed by atoms with van der Waals surface area (Å²) in [4.78, 5) is 11.5. The van der Waals surface area contributed by atoms with Gasteiger partial charge in [-0.25, -0.2) is 4.79 Å². The molecule has 0 bridgehead atoms. The fourth-order valence-electron chi connectivity index (χ4n) is 1.45. The predicted molar refractivity (Wildman–Crippen MR) is 60.0 cm³/mol. The minimum Gasteiger partial charge on any atom is -0.507 e. The van der Waals surface area contributed by atoms with Crippen LogP contribution in [0.5, 0.6) is 11.5 Å². The molecule has 0 saturated carbocycles. The molecule has 16 heavy (non-hydrogen) atoms. The number of phenols is 1. The number of rotatable bonds is 4. The quantitative estimate of drug-likeness (QED) is 0.797. The summed E-state index contributed by atoms with van der Waals surface area (Å²) >= 11 is 0. The maximum absolute atomic E-state index is 11.5. The van der Waals surface area contributed by atoms with Crippen molar-refractivity contribution >= 4 is 5.97 Å². The molecule has 88 valence electrons. The van der Waals surface area contributed by atoms with Crippen molar-refractivity contribution in [2.45, 2.75) is 20.8 Å². The molecule has 0 spiro atoms. The lowest BCUT2D eigenvalue weighted by Crippen LogP contribution is -2.07. The molecule has 0 aliphatic carbocycles. The molecule has 4 heteroatoms. The Hall–Kier alpha value is -1.71. The van der Waals surface area contributed by atoms with Gasteiger partial charge in [0.2, 0.25) is 0 Å². The van der Waals surface area contributed by atoms with Gasteiger partial charge in [0.15, 0.2) is 0 Å². The average Bonchev–Trinajstić information content (AvgIpc) is 2.17. The van der Waals surface area contributed by atoms with E-state index in [0.29, 0.717) is 17.9 Å². The minimum absolute atomic E-state index is 0.109. The largest absolute Gasteiger partial charge is 0.507 e. The first-order chi connectivity index (χ1) is 7.60. The van der Waals surface area contributed by atoms with Crippen molar-refractivity contribution < 1.29 is 19.4 Å². The predicted octanol–water partition coefficient (Wildman–Crippen LogP) is 2.28. The van der Waals surface area contributed by atoms with E-state index in [9.17, 15) is 9.90 Å². The van der Waals surface area contributed by atoms with Crippen LogP contribution in [0.15, 0.2) is 12.1 Å². The van der Waals surface area contributed by atoms with E-state index >= 15 is 0 Å². The first-order valence-corrected chi connectivity index (χ1v) is 5.23. The molecule has 0 aliphatic heterocycles. The van der Waals surface area contributed by atoms with Gasteiger partial charge < -0.3 is 14.6 Å². The van der Waals surface area contributed by atoms with Gasteiger partial charge in [-0.3, -0.25) is 0 Å². The van der Waals surface area contributed by atoms with Crippen molar-refractivity contribution in [3.05, 3.63) is 23.3 Å². The number of aryl methyl sites for hydroxylation is 1. The number of carbonyl (C=O) groups excluding carboxylic acids is 1. The van der Waals surface area contributed by atoms with Gasteiger partial charge in [0, 0.05) is 6.07 Å². The molecular weight excluding hydrogens is 208 g/mol. The Balaban J connectivity index is 3.07. The van der Waals surface area contributed by atoms with Crippen LogP contribution in [0, 0.1) is 6.92 Å². The summed E-state index contributed by atoms with van der Waals surface area (Å²) in [6.07, 6.45) is 0. The van der Waals surface area contributed by atoms with Crippen LogP contribution in [-0.4, -0.2) is 24.3 Å². The zero-order chi connectivity index (χ0) is 12.1. The van der Waals surface area contributed by atoms with Crippen LogP contribution < -0.4 is 4.74 Å². The van der Waals surface area contributed by atoms with Crippen molar-refractivity contribution in [3.63, 3.8) is 0 Å². The first-order valence-electron chi connectivity index (χ1n) is 5.23. The number of carbonyl (C=O) groups is 1. The van der Waals surface area contributed by atoms with Crippen molar-refractivity contribution in [1.82, 2.24) is 0 Å². The van der Waals surface area contributed by atoms with Crippen LogP contribution in [0.2, 0.25) is 0 Å². The number of esters is 1. The smallest absolute Gasteiger partial charge is 0.342 e. The molecular formula is C12H16O4. The van der Waals surface area contributed by atoms with Gasteiger partial charge in [-0.05, 0) is 32.4 Å². The van der Waals surface area contributed by atoms with Crippen LogP contribution in [-0.2, 0) is 4.74 Å². The zero-order valence-corrected chi connectivity index (χ0v) is 9.74. The molecule has 0 unspecified atom stereocenters. The summed E-state index contributed by atoms with van der Waals surface area (Å²) in [5.41, 5.74) is 0.840. The summed E-state index contributed by atoms with van der Waals surface area (Å²) in [5, 5.41) is 9.72. The molecule has 0 heterocycles. The highest BCUT2D eigenvalue weighted by atomic mass is 16.5. The normalized spacial score (nSPS) is 9.94. The monoisotopic (exact) mass is 224 g/mol. The Morgan fingerprint density at radius 1 is 1.31 bits per heavy atom. The van der Waals surface area contributed by atoms with Gasteiger partial charge in [-0.15, -0.1) is 0 Å². The second-order valence-electron chi connectivity index (χ2n) is 3.29. The Morgan fingerprint density at radius 3 is 2.50 bits per heavy atom. The standard InChI is InChI=1S/C12H16O4/c1-4-15-9-6-8(3)11(10(13)7-9)12(14)16-5-2/h6-7,13H,4-5H2,1-3H3. The number of aromatic hydroxyl groups is 1. The average molecular weight is 224 g/mol. The fourth-order valence-corrected chi connectivity index (χ4v) is 1.45. The number of phenolic OH excluding ortho intramolecular Hbond substituents is 1. The minimum atomic E-state index is -0.513. The summed E-state index contributed by atoms with van der Waals surface area (Å²) in [6.45, 7) is 6.10. The Kier molecular flexibility index (Phi) is 4.17. The van der Waals surface area contributed by atoms with Crippen LogP contribution in [0.1, 0.15) is 29.8 Å². The van der Waals surface area contributed by atoms with Gasteiger partial charge in [-0.1, -0.05) is 0 Å². The first kappa shape index (κ1) is 12.4. The highest BCUT2D eigenvalue weighted by Gasteiger charge is 2.16. The van der Waals surface area contributed by atoms with Gasteiger partial charge in [0.1, 0.15) is 17.1 Å². The van der Waals surface area contributed by atoms with Crippen molar-refractivity contribution in [1.29, 1.82) is 0 Å². The van der Waals surface area contributed by atoms with Crippen LogP contribution in [0.25, 0.3) is 0 Å². The van der Waals surface area contributed by atoms with Crippen molar-refractivity contribution in [2.75, 3.05) is 13.2 Å². The van der Waals surface area contributed by atoms with E-state index in [1.807, 2.05) is 6.92 Å². The number of hydrogen-bond donors (Lipinski definition) is 1. The molecule has 1 aromatic rings. The third kappa shape index (κ3) is 2.66. The molecule has 0 radical (unpaired) electrons. The molecule has 1 aromatic carbocycles. The van der Waals surface area contributed by atoms with Gasteiger partial charge in [0.25, 0.3) is 0 Å². The molecule has 0 aliphatic rings. The highest BCUT2D eigenvalue weighted by molar-refractivity contribution is 5.94. The molecule has 1 rings (SSSR count). The zero-order valence-electron chi connectivity index (χ0n) is 9.74. The van der Waals surface area contributed by atoms with Crippen molar-refractivity contribution in [3.8, 4) is 11.5 Å². The maximum Gasteiger partial charge on any atom is 0.342 e. The van der Waals surface area contributed by atoms with Crippen LogP contribution in [0.3, 0.4) is 0 Å². The molecule has 0 saturated heterocycles. The molecule has 0 amide bonds. The highest BCUT2D eigenvalue weighted by Crippen LogP contribution is 2.28. The molecule has 4 nitrogen and oxygen atoms in total. The molecule has 0 fully saturated rings. The fraction of sp³-hybridized carbons (Fsp3) is 0.417. The molecule has 0 aromatic heterocycles. The lowest BCUT2D eigenvalue weighted by Gasteiger charge is -2.10. The molecule has 1 N–H and O–H groups in total. The lowest BCUT2D eigenvalue weighted by molar-refractivity contribution is 0.0522. The SMILES string of the molecule is CCOC(=O)c1c(C)cc(OCC)cc1O.